The highest BCUT2D eigenvalue weighted by molar-refractivity contribution is 6.19. The van der Waals surface area contributed by atoms with Gasteiger partial charge in [-0.05, 0) is 57.4 Å². The van der Waals surface area contributed by atoms with Crippen molar-refractivity contribution in [2.24, 2.45) is 0 Å². The lowest BCUT2D eigenvalue weighted by molar-refractivity contribution is -0.148. The van der Waals surface area contributed by atoms with Crippen LogP contribution in [-0.2, 0) is 9.59 Å². The molecule has 0 atom stereocenters. The van der Waals surface area contributed by atoms with Crippen molar-refractivity contribution >= 4 is 17.8 Å². The average molecular weight is 399 g/mol. The summed E-state index contributed by atoms with van der Waals surface area (Å²) in [5.74, 6) is -1.73. The SMILES string of the molecule is O=C1C(c2ccccc2)C(=O)N(CN2CCCCC2)C(=O)N1CN1CCCCC1. The second-order valence-corrected chi connectivity index (χ2v) is 8.30. The Morgan fingerprint density at radius 1 is 0.655 bits per heavy atom. The lowest BCUT2D eigenvalue weighted by Gasteiger charge is -2.41. The van der Waals surface area contributed by atoms with E-state index in [1.165, 1.54) is 22.6 Å². The fourth-order valence-electron chi connectivity index (χ4n) is 4.54. The summed E-state index contributed by atoms with van der Waals surface area (Å²) in [4.78, 5) is 46.7. The molecule has 1 aromatic carbocycles. The van der Waals surface area contributed by atoms with Crippen LogP contribution < -0.4 is 0 Å². The van der Waals surface area contributed by atoms with Gasteiger partial charge in [0.1, 0.15) is 5.92 Å². The number of rotatable bonds is 5. The molecule has 7 heteroatoms. The van der Waals surface area contributed by atoms with Gasteiger partial charge in [-0.3, -0.25) is 19.4 Å². The second-order valence-electron chi connectivity index (χ2n) is 8.30. The van der Waals surface area contributed by atoms with E-state index in [2.05, 4.69) is 9.80 Å². The minimum Gasteiger partial charge on any atom is -0.286 e. The maximum Gasteiger partial charge on any atom is 0.335 e. The molecule has 0 radical (unpaired) electrons. The maximum absolute atomic E-state index is 13.3. The largest absolute Gasteiger partial charge is 0.335 e. The molecule has 156 valence electrons. The molecule has 3 aliphatic rings. The summed E-state index contributed by atoms with van der Waals surface area (Å²) in [6.45, 7) is 4.07. The third-order valence-corrected chi connectivity index (χ3v) is 6.20. The lowest BCUT2D eigenvalue weighted by atomic mass is 9.94. The predicted molar refractivity (Wildman–Crippen MR) is 109 cm³/mol. The molecule has 0 bridgehead atoms. The van der Waals surface area contributed by atoms with E-state index in [0.717, 1.165) is 51.9 Å². The van der Waals surface area contributed by atoms with Gasteiger partial charge in [0.25, 0.3) is 0 Å². The normalized spacial score (nSPS) is 23.1. The van der Waals surface area contributed by atoms with E-state index in [9.17, 15) is 14.4 Å². The van der Waals surface area contributed by atoms with Gasteiger partial charge in [0.2, 0.25) is 11.8 Å². The summed E-state index contributed by atoms with van der Waals surface area (Å²) >= 11 is 0. The van der Waals surface area contributed by atoms with Crippen molar-refractivity contribution in [2.75, 3.05) is 39.5 Å². The van der Waals surface area contributed by atoms with Crippen molar-refractivity contribution in [3.63, 3.8) is 0 Å². The summed E-state index contributed by atoms with van der Waals surface area (Å²) in [5, 5.41) is 0. The van der Waals surface area contributed by atoms with Gasteiger partial charge < -0.3 is 0 Å². The highest BCUT2D eigenvalue weighted by Gasteiger charge is 2.47. The molecule has 0 saturated carbocycles. The lowest BCUT2D eigenvalue weighted by Crippen LogP contribution is -2.63. The number of barbiturate groups is 1. The molecule has 3 aliphatic heterocycles. The van der Waals surface area contributed by atoms with Crippen LogP contribution in [0.2, 0.25) is 0 Å². The van der Waals surface area contributed by atoms with Crippen LogP contribution in [0.1, 0.15) is 50.0 Å². The zero-order chi connectivity index (χ0) is 20.2. The number of imide groups is 2. The number of nitrogens with zero attached hydrogens (tertiary/aromatic N) is 4. The van der Waals surface area contributed by atoms with Gasteiger partial charge >= 0.3 is 6.03 Å². The van der Waals surface area contributed by atoms with E-state index in [4.69, 9.17) is 0 Å². The van der Waals surface area contributed by atoms with Gasteiger partial charge in [-0.1, -0.05) is 43.2 Å². The van der Waals surface area contributed by atoms with Crippen molar-refractivity contribution in [3.05, 3.63) is 35.9 Å². The number of carbonyl (C=O) groups excluding carboxylic acids is 3. The van der Waals surface area contributed by atoms with Gasteiger partial charge in [-0.15, -0.1) is 0 Å². The fourth-order valence-corrected chi connectivity index (χ4v) is 4.54. The summed E-state index contributed by atoms with van der Waals surface area (Å²) in [7, 11) is 0. The number of piperidine rings is 2. The Kier molecular flexibility index (Phi) is 6.25. The summed E-state index contributed by atoms with van der Waals surface area (Å²) in [6.07, 6.45) is 6.68. The van der Waals surface area contributed by atoms with Crippen molar-refractivity contribution in [1.82, 2.24) is 19.6 Å². The van der Waals surface area contributed by atoms with Crippen molar-refractivity contribution in [1.29, 1.82) is 0 Å². The summed E-state index contributed by atoms with van der Waals surface area (Å²) in [5.41, 5.74) is 0.655. The molecule has 0 N–H and O–H groups in total. The highest BCUT2D eigenvalue weighted by atomic mass is 16.2. The monoisotopic (exact) mass is 398 g/mol. The molecular weight excluding hydrogens is 368 g/mol. The molecule has 4 rings (SSSR count). The zero-order valence-corrected chi connectivity index (χ0v) is 17.0. The number of hydrogen-bond donors (Lipinski definition) is 0. The van der Waals surface area contributed by atoms with E-state index in [0.29, 0.717) is 5.56 Å². The Morgan fingerprint density at radius 3 is 1.55 bits per heavy atom. The molecule has 7 nitrogen and oxygen atoms in total. The highest BCUT2D eigenvalue weighted by Crippen LogP contribution is 2.28. The van der Waals surface area contributed by atoms with E-state index >= 15 is 0 Å². The Balaban J connectivity index is 1.60. The molecule has 1 aromatic rings. The van der Waals surface area contributed by atoms with E-state index in [1.807, 2.05) is 18.2 Å². The smallest absolute Gasteiger partial charge is 0.286 e. The van der Waals surface area contributed by atoms with Gasteiger partial charge in [0.05, 0.1) is 13.3 Å². The van der Waals surface area contributed by atoms with Gasteiger partial charge in [0, 0.05) is 0 Å². The predicted octanol–water partition coefficient (Wildman–Crippen LogP) is 2.45. The molecule has 3 saturated heterocycles. The second kappa shape index (κ2) is 9.05. The molecule has 29 heavy (non-hydrogen) atoms. The van der Waals surface area contributed by atoms with E-state index in [-0.39, 0.29) is 13.3 Å². The van der Waals surface area contributed by atoms with Gasteiger partial charge in [-0.2, -0.15) is 0 Å². The number of urea groups is 1. The van der Waals surface area contributed by atoms with Crippen LogP contribution in [0.15, 0.2) is 30.3 Å². The number of hydrogen-bond acceptors (Lipinski definition) is 5. The molecule has 4 amide bonds. The van der Waals surface area contributed by atoms with Gasteiger partial charge in [0.15, 0.2) is 0 Å². The van der Waals surface area contributed by atoms with E-state index < -0.39 is 23.8 Å². The van der Waals surface area contributed by atoms with Crippen LogP contribution >= 0.6 is 0 Å². The van der Waals surface area contributed by atoms with Crippen molar-refractivity contribution < 1.29 is 14.4 Å². The van der Waals surface area contributed by atoms with Crippen LogP contribution in [-0.4, -0.2) is 77.0 Å². The molecule has 0 aromatic heterocycles. The molecular formula is C22H30N4O3. The summed E-state index contributed by atoms with van der Waals surface area (Å²) < 4.78 is 0. The maximum atomic E-state index is 13.3. The van der Waals surface area contributed by atoms with Crippen LogP contribution in [0, 0.1) is 0 Å². The average Bonchev–Trinajstić information content (AvgIpc) is 2.77. The standard InChI is InChI=1S/C22H30N4O3/c27-20-19(18-10-4-1-5-11-18)21(28)26(17-24-14-8-3-9-15-24)22(29)25(20)16-23-12-6-2-7-13-23/h1,4-5,10-11,19H,2-3,6-9,12-17H2. The van der Waals surface area contributed by atoms with Crippen molar-refractivity contribution in [2.45, 2.75) is 44.4 Å². The quantitative estimate of drug-likeness (QED) is 0.713. The van der Waals surface area contributed by atoms with Crippen LogP contribution in [0.25, 0.3) is 0 Å². The topological polar surface area (TPSA) is 64.2 Å². The first-order valence-corrected chi connectivity index (χ1v) is 10.8. The van der Waals surface area contributed by atoms with Crippen LogP contribution in [0.4, 0.5) is 4.79 Å². The summed E-state index contributed by atoms with van der Waals surface area (Å²) in [6, 6.07) is 8.65. The molecule has 3 heterocycles. The van der Waals surface area contributed by atoms with Crippen molar-refractivity contribution in [3.8, 4) is 0 Å². The molecule has 0 unspecified atom stereocenters. The van der Waals surface area contributed by atoms with Crippen LogP contribution in [0.5, 0.6) is 0 Å². The number of benzene rings is 1. The third kappa shape index (κ3) is 4.36. The fraction of sp³-hybridized carbons (Fsp3) is 0.591. The first-order valence-electron chi connectivity index (χ1n) is 10.8. The van der Waals surface area contributed by atoms with Gasteiger partial charge in [-0.25, -0.2) is 14.6 Å². The Hall–Kier alpha value is -2.25. The van der Waals surface area contributed by atoms with Crippen LogP contribution in [0.3, 0.4) is 0 Å². The number of amides is 4. The number of likely N-dealkylation sites (tertiary alicyclic amines) is 2. The Morgan fingerprint density at radius 2 is 1.10 bits per heavy atom. The molecule has 0 aliphatic carbocycles. The first kappa shape index (κ1) is 20.0. The minimum atomic E-state index is -0.941. The first-order chi connectivity index (χ1) is 14.1. The zero-order valence-electron chi connectivity index (χ0n) is 17.0. The Bertz CT molecular complexity index is 700. The molecule has 3 fully saturated rings. The number of carbonyl (C=O) groups is 3. The van der Waals surface area contributed by atoms with E-state index in [1.54, 1.807) is 12.1 Å². The molecule has 0 spiro atoms. The third-order valence-electron chi connectivity index (χ3n) is 6.20. The minimum absolute atomic E-state index is 0.269. The Labute approximate surface area is 172 Å².